The molecular formula is C13H11ClN3O3S-. The van der Waals surface area contributed by atoms with E-state index in [1.165, 1.54) is 11.3 Å². The summed E-state index contributed by atoms with van der Waals surface area (Å²) >= 11 is 7.18. The van der Waals surface area contributed by atoms with Crippen molar-refractivity contribution in [3.63, 3.8) is 0 Å². The third-order valence-electron chi connectivity index (χ3n) is 2.57. The zero-order chi connectivity index (χ0) is 15.2. The Labute approximate surface area is 129 Å². The van der Waals surface area contributed by atoms with Gasteiger partial charge in [-0.3, -0.25) is 4.79 Å². The summed E-state index contributed by atoms with van der Waals surface area (Å²) in [6.07, 6.45) is -1.38. The number of carbonyl (C=O) groups is 2. The molecule has 0 unspecified atom stereocenters. The Bertz CT molecular complexity index is 642. The van der Waals surface area contributed by atoms with Crippen molar-refractivity contribution in [2.75, 3.05) is 13.1 Å². The van der Waals surface area contributed by atoms with Crippen molar-refractivity contribution < 1.29 is 14.7 Å². The fourth-order valence-electron chi connectivity index (χ4n) is 1.64. The number of nitrogens with zero attached hydrogens (tertiary/aromatic N) is 1. The summed E-state index contributed by atoms with van der Waals surface area (Å²) in [6.45, 7) is 0.235. The number of thiazole rings is 1. The normalized spacial score (nSPS) is 10.1. The van der Waals surface area contributed by atoms with Crippen molar-refractivity contribution in [1.82, 2.24) is 15.6 Å². The van der Waals surface area contributed by atoms with Gasteiger partial charge in [0.2, 0.25) is 0 Å². The van der Waals surface area contributed by atoms with E-state index in [-0.39, 0.29) is 19.0 Å². The van der Waals surface area contributed by atoms with Gasteiger partial charge in [-0.15, -0.1) is 11.3 Å². The highest BCUT2D eigenvalue weighted by molar-refractivity contribution is 7.13. The lowest BCUT2D eigenvalue weighted by atomic mass is 10.1. The van der Waals surface area contributed by atoms with Gasteiger partial charge in [-0.1, -0.05) is 23.7 Å². The maximum absolute atomic E-state index is 12.0. The molecule has 21 heavy (non-hydrogen) atoms. The lowest BCUT2D eigenvalue weighted by molar-refractivity contribution is -0.250. The topological polar surface area (TPSA) is 94.1 Å². The molecule has 2 amide bonds. The number of nitrogens with one attached hydrogen (secondary N) is 2. The second-order valence-electron chi connectivity index (χ2n) is 4.01. The molecular weight excluding hydrogens is 314 g/mol. The Kier molecular flexibility index (Phi) is 5.13. The van der Waals surface area contributed by atoms with Gasteiger partial charge in [0, 0.05) is 18.1 Å². The van der Waals surface area contributed by atoms with Crippen LogP contribution in [0.2, 0.25) is 5.02 Å². The first-order chi connectivity index (χ1) is 10.1. The Hall–Kier alpha value is -2.12. The van der Waals surface area contributed by atoms with Gasteiger partial charge >= 0.3 is 0 Å². The average molecular weight is 325 g/mol. The Morgan fingerprint density at radius 3 is 2.52 bits per heavy atom. The third kappa shape index (κ3) is 4.17. The number of carbonyl (C=O) groups excluding carboxylic acids is 2. The smallest absolute Gasteiger partial charge is 0.271 e. The number of hydrogen-bond acceptors (Lipinski definition) is 5. The molecule has 2 aromatic rings. The van der Waals surface area contributed by atoms with Gasteiger partial charge in [-0.2, -0.15) is 0 Å². The summed E-state index contributed by atoms with van der Waals surface area (Å²) in [6, 6.07) is 7.10. The molecule has 0 fully saturated rings. The first-order valence-corrected chi connectivity index (χ1v) is 7.26. The summed E-state index contributed by atoms with van der Waals surface area (Å²) in [5, 5.41) is 15.4. The van der Waals surface area contributed by atoms with E-state index < -0.39 is 6.09 Å². The SMILES string of the molecule is O=C([O-])NCCNC(=O)c1ncsc1-c1ccc(Cl)cc1. The molecule has 0 bridgehead atoms. The van der Waals surface area contributed by atoms with Gasteiger partial charge in [0.1, 0.15) is 11.8 Å². The van der Waals surface area contributed by atoms with Gasteiger partial charge in [0.15, 0.2) is 0 Å². The highest BCUT2D eigenvalue weighted by atomic mass is 35.5. The summed E-state index contributed by atoms with van der Waals surface area (Å²) < 4.78 is 0. The van der Waals surface area contributed by atoms with Crippen LogP contribution in [0.25, 0.3) is 10.4 Å². The summed E-state index contributed by atoms with van der Waals surface area (Å²) in [5.74, 6) is -0.360. The minimum absolute atomic E-state index is 0.0779. The molecule has 1 aromatic carbocycles. The number of rotatable bonds is 5. The van der Waals surface area contributed by atoms with Crippen LogP contribution in [0.15, 0.2) is 29.8 Å². The van der Waals surface area contributed by atoms with Crippen molar-refractivity contribution >= 4 is 34.9 Å². The molecule has 0 aliphatic carbocycles. The average Bonchev–Trinajstić information content (AvgIpc) is 2.93. The minimum Gasteiger partial charge on any atom is -0.530 e. The minimum atomic E-state index is -1.38. The maximum atomic E-state index is 12.0. The molecule has 0 saturated carbocycles. The predicted molar refractivity (Wildman–Crippen MR) is 78.3 cm³/mol. The fourth-order valence-corrected chi connectivity index (χ4v) is 2.56. The first-order valence-electron chi connectivity index (χ1n) is 6.00. The second-order valence-corrected chi connectivity index (χ2v) is 5.30. The number of amides is 2. The van der Waals surface area contributed by atoms with E-state index in [1.807, 2.05) is 12.1 Å². The van der Waals surface area contributed by atoms with E-state index in [4.69, 9.17) is 11.6 Å². The van der Waals surface area contributed by atoms with Crippen LogP contribution >= 0.6 is 22.9 Å². The molecule has 0 saturated heterocycles. The van der Waals surface area contributed by atoms with Crippen molar-refractivity contribution in [3.8, 4) is 10.4 Å². The number of carboxylic acid groups (broad SMARTS) is 1. The number of hydrogen-bond donors (Lipinski definition) is 2. The standard InChI is InChI=1S/C13H12ClN3O3S/c14-9-3-1-8(2-4-9)11-10(17-7-21-11)12(18)15-5-6-16-13(19)20/h1-4,7,16H,5-6H2,(H,15,18)(H,19,20)/p-1. The molecule has 0 spiro atoms. The van der Waals surface area contributed by atoms with Crippen molar-refractivity contribution in [2.45, 2.75) is 0 Å². The third-order valence-corrected chi connectivity index (χ3v) is 3.70. The van der Waals surface area contributed by atoms with Gasteiger partial charge in [0.05, 0.1) is 10.4 Å². The summed E-state index contributed by atoms with van der Waals surface area (Å²) in [5.41, 5.74) is 2.73. The molecule has 0 atom stereocenters. The summed E-state index contributed by atoms with van der Waals surface area (Å²) in [4.78, 5) is 27.0. The quantitative estimate of drug-likeness (QED) is 0.806. The predicted octanol–water partition coefficient (Wildman–Crippen LogP) is 1.13. The van der Waals surface area contributed by atoms with Crippen LogP contribution in [0.4, 0.5) is 4.79 Å². The van der Waals surface area contributed by atoms with Crippen LogP contribution in [-0.2, 0) is 0 Å². The zero-order valence-electron chi connectivity index (χ0n) is 10.8. The highest BCUT2D eigenvalue weighted by Gasteiger charge is 2.15. The highest BCUT2D eigenvalue weighted by Crippen LogP contribution is 2.28. The van der Waals surface area contributed by atoms with Crippen molar-refractivity contribution in [1.29, 1.82) is 0 Å². The van der Waals surface area contributed by atoms with E-state index >= 15 is 0 Å². The largest absolute Gasteiger partial charge is 0.530 e. The zero-order valence-corrected chi connectivity index (χ0v) is 12.3. The molecule has 8 heteroatoms. The number of aromatic nitrogens is 1. The fraction of sp³-hybridized carbons (Fsp3) is 0.154. The van der Waals surface area contributed by atoms with E-state index in [2.05, 4.69) is 15.6 Å². The van der Waals surface area contributed by atoms with Crippen LogP contribution in [-0.4, -0.2) is 30.1 Å². The molecule has 0 aliphatic rings. The van der Waals surface area contributed by atoms with E-state index in [0.717, 1.165) is 10.4 Å². The van der Waals surface area contributed by atoms with Crippen molar-refractivity contribution in [3.05, 3.63) is 40.5 Å². The van der Waals surface area contributed by atoms with Crippen LogP contribution in [0.1, 0.15) is 10.5 Å². The van der Waals surface area contributed by atoms with Gasteiger partial charge < -0.3 is 20.5 Å². The first kappa shape index (κ1) is 15.3. The Morgan fingerprint density at radius 2 is 1.86 bits per heavy atom. The molecule has 6 nitrogen and oxygen atoms in total. The number of benzene rings is 1. The Balaban J connectivity index is 2.04. The van der Waals surface area contributed by atoms with Gasteiger partial charge in [0.25, 0.3) is 5.91 Å². The molecule has 1 aromatic heterocycles. The maximum Gasteiger partial charge on any atom is 0.271 e. The Morgan fingerprint density at radius 1 is 1.19 bits per heavy atom. The number of halogens is 1. The van der Waals surface area contributed by atoms with Crippen LogP contribution in [0.3, 0.4) is 0 Å². The summed E-state index contributed by atoms with van der Waals surface area (Å²) in [7, 11) is 0. The van der Waals surface area contributed by atoms with E-state index in [9.17, 15) is 14.7 Å². The van der Waals surface area contributed by atoms with Gasteiger partial charge in [-0.05, 0) is 17.7 Å². The van der Waals surface area contributed by atoms with E-state index in [0.29, 0.717) is 10.7 Å². The van der Waals surface area contributed by atoms with Crippen LogP contribution in [0.5, 0.6) is 0 Å². The lowest BCUT2D eigenvalue weighted by Gasteiger charge is -2.08. The second kappa shape index (κ2) is 7.05. The van der Waals surface area contributed by atoms with E-state index in [1.54, 1.807) is 17.6 Å². The lowest BCUT2D eigenvalue weighted by Crippen LogP contribution is -2.41. The van der Waals surface area contributed by atoms with Crippen LogP contribution < -0.4 is 15.7 Å². The molecule has 2 rings (SSSR count). The molecule has 110 valence electrons. The van der Waals surface area contributed by atoms with Gasteiger partial charge in [-0.25, -0.2) is 4.98 Å². The van der Waals surface area contributed by atoms with Crippen molar-refractivity contribution in [2.24, 2.45) is 0 Å². The molecule has 1 heterocycles. The van der Waals surface area contributed by atoms with Crippen LogP contribution in [0, 0.1) is 0 Å². The molecule has 0 aliphatic heterocycles. The molecule has 0 radical (unpaired) electrons. The molecule has 2 N–H and O–H groups in total. The monoisotopic (exact) mass is 324 g/mol.